The van der Waals surface area contributed by atoms with Crippen molar-refractivity contribution < 1.29 is 64.6 Å². The lowest BCUT2D eigenvalue weighted by Gasteiger charge is -2.45. The van der Waals surface area contributed by atoms with Gasteiger partial charge in [-0.1, -0.05) is 103 Å². The van der Waals surface area contributed by atoms with Gasteiger partial charge in [0.05, 0.1) is 19.3 Å². The molecular weight excluding hydrogens is 616 g/mol. The highest BCUT2D eigenvalue weighted by molar-refractivity contribution is 5.69. The number of carbonyl (C=O) groups is 1. The van der Waals surface area contributed by atoms with Crippen molar-refractivity contribution in [1.29, 1.82) is 0 Å². The number of aliphatic hydroxyl groups is 8. The number of carbonyl (C=O) groups excluding carboxylic acids is 1. The van der Waals surface area contributed by atoms with Crippen LogP contribution in [0.15, 0.2) is 0 Å². The van der Waals surface area contributed by atoms with Crippen LogP contribution in [0.2, 0.25) is 0 Å². The Kier molecular flexibility index (Phi) is 21.8. The highest BCUT2D eigenvalue weighted by atomic mass is 16.8. The largest absolute Gasteiger partial charge is 0.456 e. The van der Waals surface area contributed by atoms with Crippen LogP contribution < -0.4 is 0 Å². The molecule has 2 saturated heterocycles. The summed E-state index contributed by atoms with van der Waals surface area (Å²) in [5, 5.41) is 80.6. The third kappa shape index (κ3) is 15.2. The van der Waals surface area contributed by atoms with Crippen molar-refractivity contribution in [3.05, 3.63) is 0 Å². The van der Waals surface area contributed by atoms with Gasteiger partial charge in [0.2, 0.25) is 0 Å². The maximum atomic E-state index is 12.6. The average Bonchev–Trinajstić information content (AvgIpc) is 3.06. The van der Waals surface area contributed by atoms with Crippen molar-refractivity contribution in [2.24, 2.45) is 0 Å². The van der Waals surface area contributed by atoms with Crippen LogP contribution in [0.25, 0.3) is 0 Å². The monoisotopic (exact) mass is 680 g/mol. The lowest BCUT2D eigenvalue weighted by atomic mass is 9.98. The second kappa shape index (κ2) is 24.2. The zero-order chi connectivity index (χ0) is 34.6. The standard InChI is InChI=1S/C34H64O13/c1-2-3-15-18-23(37)19-16-13-11-9-7-5-4-6-8-10-12-14-17-20-26(38)46-32-28(40)25(22-36)45-34(31(32)43)47-33-30(42)29(41)27(39)24(21-35)44-33/h23-25,27-37,39-43H,2-22H2,1H3/t23?,24-,25-,27+,28-,29+,30-,31-,32+,33-,34-/m1/s1. The number of aliphatic hydroxyl groups excluding tert-OH is 8. The molecule has 278 valence electrons. The second-order valence-corrected chi connectivity index (χ2v) is 13.3. The molecule has 11 atom stereocenters. The summed E-state index contributed by atoms with van der Waals surface area (Å²) in [6.07, 6.45) is 4.05. The first-order chi connectivity index (χ1) is 22.6. The summed E-state index contributed by atoms with van der Waals surface area (Å²) in [5.41, 5.74) is 0. The fourth-order valence-corrected chi connectivity index (χ4v) is 6.20. The van der Waals surface area contributed by atoms with Crippen molar-refractivity contribution in [3.63, 3.8) is 0 Å². The van der Waals surface area contributed by atoms with Gasteiger partial charge >= 0.3 is 5.97 Å². The molecule has 2 aliphatic rings. The van der Waals surface area contributed by atoms with E-state index in [0.29, 0.717) is 6.42 Å². The Labute approximate surface area is 280 Å². The predicted molar refractivity (Wildman–Crippen MR) is 172 cm³/mol. The summed E-state index contributed by atoms with van der Waals surface area (Å²) < 4.78 is 21.5. The quantitative estimate of drug-likeness (QED) is 0.0512. The van der Waals surface area contributed by atoms with Crippen molar-refractivity contribution >= 4 is 5.97 Å². The zero-order valence-electron chi connectivity index (χ0n) is 28.3. The van der Waals surface area contributed by atoms with Gasteiger partial charge in [0, 0.05) is 6.42 Å². The van der Waals surface area contributed by atoms with Crippen molar-refractivity contribution in [1.82, 2.24) is 0 Å². The lowest BCUT2D eigenvalue weighted by Crippen LogP contribution is -2.64. The third-order valence-electron chi connectivity index (χ3n) is 9.27. The molecule has 0 aromatic carbocycles. The van der Waals surface area contributed by atoms with Crippen LogP contribution in [-0.4, -0.2) is 128 Å². The molecule has 13 heteroatoms. The van der Waals surface area contributed by atoms with E-state index < -0.39 is 80.6 Å². The Hall–Kier alpha value is -0.970. The van der Waals surface area contributed by atoms with Gasteiger partial charge in [-0.15, -0.1) is 0 Å². The minimum atomic E-state index is -1.77. The van der Waals surface area contributed by atoms with Crippen LogP contribution >= 0.6 is 0 Å². The first-order valence-electron chi connectivity index (χ1n) is 18.1. The van der Waals surface area contributed by atoms with Crippen LogP contribution in [0.3, 0.4) is 0 Å². The maximum Gasteiger partial charge on any atom is 0.306 e. The molecule has 0 bridgehead atoms. The van der Waals surface area contributed by atoms with Gasteiger partial charge in [-0.25, -0.2) is 0 Å². The number of rotatable bonds is 25. The molecule has 0 aromatic rings. The molecule has 2 rings (SSSR count). The lowest BCUT2D eigenvalue weighted by molar-refractivity contribution is -0.376. The fraction of sp³-hybridized carbons (Fsp3) is 0.971. The van der Waals surface area contributed by atoms with E-state index in [1.54, 1.807) is 0 Å². The average molecular weight is 681 g/mol. The van der Waals surface area contributed by atoms with Gasteiger partial charge < -0.3 is 59.8 Å². The molecule has 47 heavy (non-hydrogen) atoms. The molecule has 13 nitrogen and oxygen atoms in total. The molecule has 0 spiro atoms. The summed E-state index contributed by atoms with van der Waals surface area (Å²) in [5.74, 6) is -0.638. The smallest absolute Gasteiger partial charge is 0.306 e. The van der Waals surface area contributed by atoms with Crippen molar-refractivity contribution in [2.45, 2.75) is 196 Å². The summed E-state index contributed by atoms with van der Waals surface area (Å²) in [7, 11) is 0. The Balaban J connectivity index is 1.56. The van der Waals surface area contributed by atoms with Gasteiger partial charge in [0.1, 0.15) is 42.7 Å². The number of hydrogen-bond acceptors (Lipinski definition) is 13. The van der Waals surface area contributed by atoms with Gasteiger partial charge in [0.25, 0.3) is 0 Å². The van der Waals surface area contributed by atoms with Crippen LogP contribution in [0, 0.1) is 0 Å². The fourth-order valence-electron chi connectivity index (χ4n) is 6.20. The van der Waals surface area contributed by atoms with E-state index in [9.17, 15) is 45.6 Å². The first-order valence-corrected chi connectivity index (χ1v) is 18.1. The minimum absolute atomic E-state index is 0.0800. The molecule has 0 aliphatic carbocycles. The van der Waals surface area contributed by atoms with Gasteiger partial charge in [-0.3, -0.25) is 4.79 Å². The molecule has 0 radical (unpaired) electrons. The normalized spacial score (nSPS) is 31.9. The van der Waals surface area contributed by atoms with Gasteiger partial charge in [-0.2, -0.15) is 0 Å². The highest BCUT2D eigenvalue weighted by Crippen LogP contribution is 2.29. The predicted octanol–water partition coefficient (Wildman–Crippen LogP) is 1.95. The molecule has 2 fully saturated rings. The number of ether oxygens (including phenoxy) is 4. The first kappa shape index (κ1) is 42.2. The molecule has 8 N–H and O–H groups in total. The molecule has 0 aromatic heterocycles. The molecule has 0 saturated carbocycles. The number of unbranched alkanes of at least 4 members (excludes halogenated alkanes) is 14. The Bertz CT molecular complexity index is 802. The molecular formula is C34H64O13. The van der Waals surface area contributed by atoms with Crippen LogP contribution in [-0.2, 0) is 23.7 Å². The Morgan fingerprint density at radius 1 is 0.596 bits per heavy atom. The summed E-state index contributed by atoms with van der Waals surface area (Å²) in [6.45, 7) is 0.799. The Morgan fingerprint density at radius 2 is 1.04 bits per heavy atom. The maximum absolute atomic E-state index is 12.6. The van der Waals surface area contributed by atoms with E-state index in [-0.39, 0.29) is 12.5 Å². The summed E-state index contributed by atoms with van der Waals surface area (Å²) >= 11 is 0. The van der Waals surface area contributed by atoms with Crippen LogP contribution in [0.1, 0.15) is 129 Å². The van der Waals surface area contributed by atoms with E-state index in [0.717, 1.165) is 51.4 Å². The van der Waals surface area contributed by atoms with Crippen molar-refractivity contribution in [3.8, 4) is 0 Å². The molecule has 0 amide bonds. The Morgan fingerprint density at radius 3 is 1.55 bits per heavy atom. The number of esters is 1. The van der Waals surface area contributed by atoms with E-state index in [1.807, 2.05) is 0 Å². The minimum Gasteiger partial charge on any atom is -0.456 e. The van der Waals surface area contributed by atoms with E-state index in [4.69, 9.17) is 18.9 Å². The SMILES string of the molecule is CCCCCC(O)CCCCCCCCCCCCCCCC(=O)O[C@@H]1[C@@H](O)[C@@H](O[C@H]2O[C@H](CO)[C@H](O)[C@H](O)[C@H]2O)O[C@H](CO)[C@H]1O. The van der Waals surface area contributed by atoms with Crippen LogP contribution in [0.4, 0.5) is 0 Å². The van der Waals surface area contributed by atoms with E-state index in [2.05, 4.69) is 6.92 Å². The molecule has 2 aliphatic heterocycles. The third-order valence-corrected chi connectivity index (χ3v) is 9.27. The summed E-state index contributed by atoms with van der Waals surface area (Å²) in [4.78, 5) is 12.6. The number of hydrogen-bond donors (Lipinski definition) is 8. The second-order valence-electron chi connectivity index (χ2n) is 13.3. The zero-order valence-corrected chi connectivity index (χ0v) is 28.3. The van der Waals surface area contributed by atoms with E-state index in [1.165, 1.54) is 57.8 Å². The molecule has 1 unspecified atom stereocenters. The van der Waals surface area contributed by atoms with E-state index >= 15 is 0 Å². The van der Waals surface area contributed by atoms with Gasteiger partial charge in [-0.05, 0) is 19.3 Å². The van der Waals surface area contributed by atoms with Crippen molar-refractivity contribution in [2.75, 3.05) is 13.2 Å². The topological polar surface area (TPSA) is 216 Å². The van der Waals surface area contributed by atoms with Crippen LogP contribution in [0.5, 0.6) is 0 Å². The summed E-state index contributed by atoms with van der Waals surface area (Å²) in [6, 6.07) is 0. The van der Waals surface area contributed by atoms with Gasteiger partial charge in [0.15, 0.2) is 18.7 Å². The molecule has 2 heterocycles. The highest BCUT2D eigenvalue weighted by Gasteiger charge is 2.51.